The number of hydrogen-bond donors (Lipinski definition) is 0. The van der Waals surface area contributed by atoms with E-state index in [0.717, 1.165) is 42.0 Å². The molecule has 1 aromatic carbocycles. The third-order valence-electron chi connectivity index (χ3n) is 5.31. The number of ether oxygens (including phenoxy) is 1. The van der Waals surface area contributed by atoms with Crippen LogP contribution in [0.5, 0.6) is 5.75 Å². The fraction of sp³-hybridized carbons (Fsp3) is 0.381. The number of likely N-dealkylation sites (tertiary alicyclic amines) is 1. The van der Waals surface area contributed by atoms with Crippen LogP contribution in [0.1, 0.15) is 26.2 Å². The molecule has 146 valence electrons. The molecule has 0 aliphatic carbocycles. The van der Waals surface area contributed by atoms with Crippen LogP contribution < -0.4 is 10.3 Å². The molecule has 0 N–H and O–H groups in total. The summed E-state index contributed by atoms with van der Waals surface area (Å²) in [5.41, 5.74) is 1.51. The number of thiophene rings is 1. The summed E-state index contributed by atoms with van der Waals surface area (Å²) in [7, 11) is 1.63. The van der Waals surface area contributed by atoms with E-state index in [1.807, 2.05) is 35.2 Å². The summed E-state index contributed by atoms with van der Waals surface area (Å²) < 4.78 is 7.20. The molecule has 0 saturated carbocycles. The first-order valence-corrected chi connectivity index (χ1v) is 10.3. The number of methoxy groups -OCH3 is 1. The Morgan fingerprint density at radius 2 is 2.07 bits per heavy atom. The average Bonchev–Trinajstić information content (AvgIpc) is 3.15. The smallest absolute Gasteiger partial charge is 0.271 e. The molecule has 0 unspecified atom stereocenters. The maximum Gasteiger partial charge on any atom is 0.271 e. The second-order valence-electron chi connectivity index (χ2n) is 7.16. The first-order chi connectivity index (χ1) is 13.6. The number of piperidine rings is 1. The Hall–Kier alpha value is -2.67. The Bertz CT molecular complexity index is 1050. The minimum atomic E-state index is -0.159. The normalized spacial score (nSPS) is 17.1. The van der Waals surface area contributed by atoms with Crippen molar-refractivity contribution < 1.29 is 9.53 Å². The number of nitrogens with zero attached hydrogens (tertiary/aromatic N) is 3. The molecule has 1 amide bonds. The summed E-state index contributed by atoms with van der Waals surface area (Å²) >= 11 is 1.41. The van der Waals surface area contributed by atoms with E-state index < -0.39 is 0 Å². The lowest BCUT2D eigenvalue weighted by Crippen LogP contribution is -2.44. The largest absolute Gasteiger partial charge is 0.497 e. The highest BCUT2D eigenvalue weighted by Gasteiger charge is 2.23. The van der Waals surface area contributed by atoms with E-state index in [0.29, 0.717) is 10.2 Å². The summed E-state index contributed by atoms with van der Waals surface area (Å²) in [5.74, 6) is 0.776. The molecule has 1 saturated heterocycles. The summed E-state index contributed by atoms with van der Waals surface area (Å²) in [6.45, 7) is 2.88. The molecule has 0 radical (unpaired) electrons. The SMILES string of the molecule is COc1ccc(-c2cc3ncn(CC(=O)N4CCCC[C@@H]4C)c(=O)c3s2)cc1. The van der Waals surface area contributed by atoms with Gasteiger partial charge < -0.3 is 9.64 Å². The van der Waals surface area contributed by atoms with Gasteiger partial charge in [0.05, 0.1) is 19.0 Å². The van der Waals surface area contributed by atoms with E-state index in [-0.39, 0.29) is 24.1 Å². The lowest BCUT2D eigenvalue weighted by Gasteiger charge is -2.33. The number of aromatic nitrogens is 2. The summed E-state index contributed by atoms with van der Waals surface area (Å²) in [6, 6.07) is 9.86. The van der Waals surface area contributed by atoms with Crippen molar-refractivity contribution >= 4 is 27.5 Å². The molecule has 1 aliphatic rings. The number of carbonyl (C=O) groups excluding carboxylic acids is 1. The lowest BCUT2D eigenvalue weighted by molar-refractivity contribution is -0.135. The standard InChI is InChI=1S/C21H23N3O3S/c1-14-5-3-4-10-24(14)19(25)12-23-13-22-17-11-18(28-20(17)21(23)26)15-6-8-16(27-2)9-7-15/h6-9,11,13-14H,3-5,10,12H2,1-2H3/t14-/m0/s1. The van der Waals surface area contributed by atoms with E-state index in [1.54, 1.807) is 7.11 Å². The lowest BCUT2D eigenvalue weighted by atomic mass is 10.0. The Morgan fingerprint density at radius 3 is 2.79 bits per heavy atom. The molecule has 1 aliphatic heterocycles. The van der Waals surface area contributed by atoms with Gasteiger partial charge in [-0.15, -0.1) is 11.3 Å². The Kier molecular flexibility index (Phi) is 5.17. The van der Waals surface area contributed by atoms with Crippen LogP contribution in [-0.4, -0.2) is 40.1 Å². The van der Waals surface area contributed by atoms with Gasteiger partial charge in [-0.25, -0.2) is 4.98 Å². The summed E-state index contributed by atoms with van der Waals surface area (Å²) in [6.07, 6.45) is 4.69. The molecule has 7 heteroatoms. The maximum absolute atomic E-state index is 12.9. The Labute approximate surface area is 167 Å². The van der Waals surface area contributed by atoms with Crippen molar-refractivity contribution in [3.63, 3.8) is 0 Å². The Morgan fingerprint density at radius 1 is 1.29 bits per heavy atom. The minimum absolute atomic E-state index is 0.0117. The fourth-order valence-electron chi connectivity index (χ4n) is 3.66. The van der Waals surface area contributed by atoms with Crippen LogP contribution in [0.2, 0.25) is 0 Å². The van der Waals surface area contributed by atoms with Gasteiger partial charge in [0.1, 0.15) is 17.0 Å². The Balaban J connectivity index is 1.61. The molecule has 3 heterocycles. The predicted octanol–water partition coefficient (Wildman–Crippen LogP) is 3.53. The number of carbonyl (C=O) groups is 1. The van der Waals surface area contributed by atoms with E-state index in [2.05, 4.69) is 11.9 Å². The van der Waals surface area contributed by atoms with Crippen LogP contribution in [0.25, 0.3) is 20.7 Å². The molecule has 28 heavy (non-hydrogen) atoms. The first kappa shape index (κ1) is 18.7. The van der Waals surface area contributed by atoms with Gasteiger partial charge >= 0.3 is 0 Å². The molecule has 3 aromatic rings. The topological polar surface area (TPSA) is 64.4 Å². The third kappa shape index (κ3) is 3.54. The molecular weight excluding hydrogens is 374 g/mol. The average molecular weight is 398 g/mol. The number of benzene rings is 1. The van der Waals surface area contributed by atoms with Gasteiger partial charge in [-0.3, -0.25) is 14.2 Å². The van der Waals surface area contributed by atoms with Gasteiger partial charge in [-0.1, -0.05) is 0 Å². The van der Waals surface area contributed by atoms with Crippen LogP contribution in [0, 0.1) is 0 Å². The van der Waals surface area contributed by atoms with Crippen LogP contribution in [0.3, 0.4) is 0 Å². The number of amides is 1. The van der Waals surface area contributed by atoms with Crippen LogP contribution in [-0.2, 0) is 11.3 Å². The fourth-order valence-corrected chi connectivity index (χ4v) is 4.73. The zero-order valence-electron chi connectivity index (χ0n) is 16.1. The van der Waals surface area contributed by atoms with Crippen LogP contribution in [0.4, 0.5) is 0 Å². The van der Waals surface area contributed by atoms with Crippen molar-refractivity contribution in [3.05, 3.63) is 47.0 Å². The van der Waals surface area contributed by atoms with Crippen LogP contribution >= 0.6 is 11.3 Å². The second kappa shape index (κ2) is 7.75. The van der Waals surface area contributed by atoms with Crippen molar-refractivity contribution in [2.24, 2.45) is 0 Å². The van der Waals surface area contributed by atoms with E-state index in [9.17, 15) is 9.59 Å². The number of fused-ring (bicyclic) bond motifs is 1. The van der Waals surface area contributed by atoms with E-state index in [4.69, 9.17) is 4.74 Å². The van der Waals surface area contributed by atoms with Gasteiger partial charge in [-0.05, 0) is 62.1 Å². The quantitative estimate of drug-likeness (QED) is 0.676. The monoisotopic (exact) mass is 397 g/mol. The van der Waals surface area contributed by atoms with Crippen molar-refractivity contribution in [3.8, 4) is 16.2 Å². The zero-order valence-corrected chi connectivity index (χ0v) is 16.9. The van der Waals surface area contributed by atoms with Gasteiger partial charge in [0.25, 0.3) is 5.56 Å². The molecule has 0 bridgehead atoms. The summed E-state index contributed by atoms with van der Waals surface area (Å²) in [5, 5.41) is 0. The molecule has 1 fully saturated rings. The van der Waals surface area contributed by atoms with Crippen molar-refractivity contribution in [1.82, 2.24) is 14.5 Å². The van der Waals surface area contributed by atoms with Crippen molar-refractivity contribution in [2.75, 3.05) is 13.7 Å². The van der Waals surface area contributed by atoms with E-state index >= 15 is 0 Å². The van der Waals surface area contributed by atoms with Crippen LogP contribution in [0.15, 0.2) is 41.5 Å². The first-order valence-electron chi connectivity index (χ1n) is 9.49. The highest BCUT2D eigenvalue weighted by atomic mass is 32.1. The maximum atomic E-state index is 12.9. The highest BCUT2D eigenvalue weighted by Crippen LogP contribution is 2.31. The number of rotatable bonds is 4. The van der Waals surface area contributed by atoms with Gasteiger partial charge in [-0.2, -0.15) is 0 Å². The van der Waals surface area contributed by atoms with Crippen molar-refractivity contribution in [2.45, 2.75) is 38.8 Å². The molecular formula is C21H23N3O3S. The molecule has 2 aromatic heterocycles. The van der Waals surface area contributed by atoms with Gasteiger partial charge in [0, 0.05) is 17.5 Å². The molecule has 0 spiro atoms. The molecule has 1 atom stereocenters. The zero-order chi connectivity index (χ0) is 19.7. The summed E-state index contributed by atoms with van der Waals surface area (Å²) in [4.78, 5) is 32.9. The molecule has 6 nitrogen and oxygen atoms in total. The minimum Gasteiger partial charge on any atom is -0.497 e. The van der Waals surface area contributed by atoms with Gasteiger partial charge in [0.15, 0.2) is 0 Å². The predicted molar refractivity (Wildman–Crippen MR) is 111 cm³/mol. The van der Waals surface area contributed by atoms with E-state index in [1.165, 1.54) is 22.2 Å². The highest BCUT2D eigenvalue weighted by molar-refractivity contribution is 7.22. The second-order valence-corrected chi connectivity index (χ2v) is 8.22. The van der Waals surface area contributed by atoms with Crippen molar-refractivity contribution in [1.29, 1.82) is 0 Å². The molecule has 4 rings (SSSR count). The van der Waals surface area contributed by atoms with Gasteiger partial charge in [0.2, 0.25) is 5.91 Å². The third-order valence-corrected chi connectivity index (χ3v) is 6.47. The number of hydrogen-bond acceptors (Lipinski definition) is 5.